The first kappa shape index (κ1) is 27.2. The number of aryl methyl sites for hydroxylation is 1. The number of anilines is 1. The number of aromatic amines is 1. The molecule has 0 fully saturated rings. The number of hydrogen-bond acceptors (Lipinski definition) is 8. The molecule has 0 spiro atoms. The van der Waals surface area contributed by atoms with Gasteiger partial charge in [-0.25, -0.2) is 0 Å². The summed E-state index contributed by atoms with van der Waals surface area (Å²) in [5.74, 6) is -1.17. The highest BCUT2D eigenvalue weighted by atomic mass is 16.2. The molecule has 2 aliphatic rings. The van der Waals surface area contributed by atoms with Crippen molar-refractivity contribution in [2.45, 2.75) is 64.2 Å². The lowest BCUT2D eigenvalue weighted by Gasteiger charge is -2.30. The molecule has 4 N–H and O–H groups in total. The van der Waals surface area contributed by atoms with Gasteiger partial charge >= 0.3 is 0 Å². The molecule has 0 bridgehead atoms. The molecule has 13 heteroatoms. The van der Waals surface area contributed by atoms with Crippen LogP contribution in [0.2, 0.25) is 0 Å². The molecule has 1 aromatic heterocycles. The number of nitrogens with one attached hydrogen (secondary N) is 4. The van der Waals surface area contributed by atoms with Gasteiger partial charge < -0.3 is 20.9 Å². The first-order chi connectivity index (χ1) is 18.2. The van der Waals surface area contributed by atoms with Crippen molar-refractivity contribution < 1.29 is 19.2 Å². The number of aromatic nitrogens is 4. The van der Waals surface area contributed by atoms with Gasteiger partial charge in [0.25, 0.3) is 0 Å². The van der Waals surface area contributed by atoms with E-state index in [1.807, 2.05) is 32.0 Å². The minimum Gasteiger partial charge on any atom is -0.347 e. The summed E-state index contributed by atoms with van der Waals surface area (Å²) in [6.45, 7) is 4.05. The largest absolute Gasteiger partial charge is 0.347 e. The first-order valence-corrected chi connectivity index (χ1v) is 12.9. The lowest BCUT2D eigenvalue weighted by Crippen LogP contribution is -2.58. The van der Waals surface area contributed by atoms with Crippen molar-refractivity contribution in [1.82, 2.24) is 41.5 Å². The minimum absolute atomic E-state index is 0.0699. The lowest BCUT2D eigenvalue weighted by atomic mass is 9.97. The van der Waals surface area contributed by atoms with Crippen LogP contribution in [-0.2, 0) is 38.6 Å². The number of tetrazole rings is 1. The quantitative estimate of drug-likeness (QED) is 0.316. The number of carbonyl (C=O) groups excluding carboxylic acids is 4. The van der Waals surface area contributed by atoms with E-state index in [-0.39, 0.29) is 36.7 Å². The predicted octanol–water partition coefficient (Wildman–Crippen LogP) is -0.703. The molecule has 4 rings (SSSR count). The number of amides is 4. The summed E-state index contributed by atoms with van der Waals surface area (Å²) in [7, 11) is 3.55. The third kappa shape index (κ3) is 5.82. The Labute approximate surface area is 221 Å². The van der Waals surface area contributed by atoms with Crippen LogP contribution in [0, 0.1) is 5.92 Å². The fourth-order valence-corrected chi connectivity index (χ4v) is 4.99. The van der Waals surface area contributed by atoms with Gasteiger partial charge in [0.2, 0.25) is 23.6 Å². The molecule has 38 heavy (non-hydrogen) atoms. The molecule has 3 heterocycles. The number of nitrogens with zero attached hydrogens (tertiary/aromatic N) is 5. The molecule has 0 radical (unpaired) electrons. The molecule has 0 saturated carbocycles. The second-order valence-electron chi connectivity index (χ2n) is 10.2. The highest BCUT2D eigenvalue weighted by molar-refractivity contribution is 6.08. The van der Waals surface area contributed by atoms with Crippen LogP contribution < -0.4 is 20.9 Å². The van der Waals surface area contributed by atoms with Gasteiger partial charge in [0.15, 0.2) is 5.82 Å². The monoisotopic (exact) mass is 525 g/mol. The fraction of sp³-hybridized carbons (Fsp3) is 0.560. The SMILES string of the molecule is CC[C@H](C)[C@H](NC(=O)CN(C)C)C(=O)N[C@H]1CCc2cccc3c2N(C1=O)[C@H](C(=O)NCc1nn[nH]n1)C3. The maximum absolute atomic E-state index is 13.9. The fourth-order valence-electron chi connectivity index (χ4n) is 4.99. The summed E-state index contributed by atoms with van der Waals surface area (Å²) < 4.78 is 0. The van der Waals surface area contributed by atoms with Gasteiger partial charge in [-0.15, -0.1) is 10.2 Å². The third-order valence-corrected chi connectivity index (χ3v) is 7.11. The summed E-state index contributed by atoms with van der Waals surface area (Å²) in [6, 6.07) is 3.40. The Kier molecular flexibility index (Phi) is 8.35. The van der Waals surface area contributed by atoms with Crippen LogP contribution in [0.4, 0.5) is 5.69 Å². The Morgan fingerprint density at radius 2 is 2.00 bits per heavy atom. The average molecular weight is 526 g/mol. The summed E-state index contributed by atoms with van der Waals surface area (Å²) in [5, 5.41) is 22.0. The van der Waals surface area contributed by atoms with E-state index >= 15 is 0 Å². The molecular formula is C25H35N9O4. The summed E-state index contributed by atoms with van der Waals surface area (Å²) in [4.78, 5) is 56.2. The van der Waals surface area contributed by atoms with Crippen LogP contribution in [0.3, 0.4) is 0 Å². The zero-order valence-corrected chi connectivity index (χ0v) is 22.2. The van der Waals surface area contributed by atoms with E-state index in [2.05, 4.69) is 36.6 Å². The van der Waals surface area contributed by atoms with Crippen LogP contribution in [0.15, 0.2) is 18.2 Å². The average Bonchev–Trinajstić information content (AvgIpc) is 3.52. The highest BCUT2D eigenvalue weighted by Gasteiger charge is 2.44. The van der Waals surface area contributed by atoms with Gasteiger partial charge in [-0.3, -0.25) is 24.1 Å². The molecule has 0 aliphatic carbocycles. The Morgan fingerprint density at radius 1 is 1.24 bits per heavy atom. The molecule has 2 aliphatic heterocycles. The normalized spacial score (nSPS) is 19.9. The second-order valence-corrected chi connectivity index (χ2v) is 10.2. The maximum Gasteiger partial charge on any atom is 0.250 e. The van der Waals surface area contributed by atoms with E-state index in [1.54, 1.807) is 19.0 Å². The van der Waals surface area contributed by atoms with Crippen LogP contribution in [0.5, 0.6) is 0 Å². The van der Waals surface area contributed by atoms with Gasteiger partial charge in [0, 0.05) is 6.42 Å². The van der Waals surface area contributed by atoms with Gasteiger partial charge in [-0.1, -0.05) is 43.7 Å². The van der Waals surface area contributed by atoms with Crippen molar-refractivity contribution in [2.75, 3.05) is 25.5 Å². The predicted molar refractivity (Wildman–Crippen MR) is 138 cm³/mol. The van der Waals surface area contributed by atoms with Gasteiger partial charge in [-0.05, 0) is 44.0 Å². The van der Waals surface area contributed by atoms with E-state index in [1.165, 1.54) is 4.90 Å². The highest BCUT2D eigenvalue weighted by Crippen LogP contribution is 2.39. The van der Waals surface area contributed by atoms with Gasteiger partial charge in [-0.2, -0.15) is 5.21 Å². The van der Waals surface area contributed by atoms with E-state index in [0.717, 1.165) is 16.8 Å². The van der Waals surface area contributed by atoms with E-state index in [9.17, 15) is 19.2 Å². The van der Waals surface area contributed by atoms with Gasteiger partial charge in [0.05, 0.1) is 18.8 Å². The number of benzene rings is 1. The van der Waals surface area contributed by atoms with Gasteiger partial charge in [0.1, 0.15) is 18.1 Å². The van der Waals surface area contributed by atoms with Crippen molar-refractivity contribution in [2.24, 2.45) is 5.92 Å². The van der Waals surface area contributed by atoms with Crippen LogP contribution in [0.25, 0.3) is 0 Å². The molecule has 13 nitrogen and oxygen atoms in total. The molecule has 1 aromatic carbocycles. The molecule has 2 aromatic rings. The van der Waals surface area contributed by atoms with Crippen molar-refractivity contribution in [3.63, 3.8) is 0 Å². The minimum atomic E-state index is -0.842. The molecular weight excluding hydrogens is 490 g/mol. The van der Waals surface area contributed by atoms with Crippen LogP contribution in [-0.4, -0.2) is 87.9 Å². The number of hydrogen-bond donors (Lipinski definition) is 4. The molecule has 4 atom stereocenters. The Balaban J connectivity index is 1.53. The Morgan fingerprint density at radius 3 is 2.68 bits per heavy atom. The van der Waals surface area contributed by atoms with Crippen molar-refractivity contribution in [3.05, 3.63) is 35.2 Å². The van der Waals surface area contributed by atoms with E-state index in [0.29, 0.717) is 31.5 Å². The number of carbonyl (C=O) groups is 4. The van der Waals surface area contributed by atoms with Crippen LogP contribution in [0.1, 0.15) is 43.6 Å². The van der Waals surface area contributed by atoms with Crippen molar-refractivity contribution in [3.8, 4) is 0 Å². The topological polar surface area (TPSA) is 165 Å². The number of likely N-dealkylation sites (N-methyl/N-ethyl adjacent to an activating group) is 1. The van der Waals surface area contributed by atoms with Crippen LogP contribution >= 0.6 is 0 Å². The molecule has 0 saturated heterocycles. The first-order valence-electron chi connectivity index (χ1n) is 12.9. The molecule has 204 valence electrons. The Bertz CT molecular complexity index is 1180. The summed E-state index contributed by atoms with van der Waals surface area (Å²) >= 11 is 0. The third-order valence-electron chi connectivity index (χ3n) is 7.11. The zero-order chi connectivity index (χ0) is 27.4. The Hall–Kier alpha value is -3.87. The standard InChI is InChI=1S/C25H35N9O4/c1-5-14(2)21(28-20(35)13-33(3)4)24(37)27-17-10-9-15-7-6-8-16-11-18(34(22(15)16)25(17)38)23(36)26-12-19-29-31-32-30-19/h6-8,14,17-18,21H,5,9-13H2,1-4H3,(H,26,36)(H,27,37)(H,28,35)(H,29,30,31,32)/t14-,17-,18-,21-/m0/s1. The maximum atomic E-state index is 13.9. The smallest absolute Gasteiger partial charge is 0.250 e. The molecule has 0 unspecified atom stereocenters. The summed E-state index contributed by atoms with van der Waals surface area (Å²) in [5.41, 5.74) is 2.61. The lowest BCUT2D eigenvalue weighted by molar-refractivity contribution is -0.133. The van der Waals surface area contributed by atoms with E-state index in [4.69, 9.17) is 0 Å². The number of rotatable bonds is 10. The number of H-pyrrole nitrogens is 1. The second kappa shape index (κ2) is 11.7. The van der Waals surface area contributed by atoms with Crippen molar-refractivity contribution in [1.29, 1.82) is 0 Å². The molecule has 4 amide bonds. The summed E-state index contributed by atoms with van der Waals surface area (Å²) in [6.07, 6.45) is 1.98. The van der Waals surface area contributed by atoms with Crippen molar-refractivity contribution >= 4 is 29.3 Å². The zero-order valence-electron chi connectivity index (χ0n) is 22.2. The van der Waals surface area contributed by atoms with E-state index < -0.39 is 24.0 Å². The number of para-hydroxylation sites is 1.